The minimum absolute atomic E-state index is 0.0536. The summed E-state index contributed by atoms with van der Waals surface area (Å²) in [5.74, 6) is -5.51. The molecule has 0 bridgehead atoms. The quantitative estimate of drug-likeness (QED) is 0.0227. The number of carbonyl (C=O) groups excluding carboxylic acids is 8. The number of rotatable bonds is 22. The van der Waals surface area contributed by atoms with Gasteiger partial charge in [-0.05, 0) is 119 Å². The van der Waals surface area contributed by atoms with E-state index in [0.717, 1.165) is 38.1 Å². The SMILES string of the molecule is C=N/C(=C\C=C/C)SSCCNC(=O)[C@@H]1CSSC[C@H](NC(=O)[C@H](N)Cc2ccccc2)C(=O)N[C@@H](Cc2ccc(O)cc2)C(=O)N[C@H](Cc2c[nH]c3ccccc23)C(=O)N[C@@H](CCCCNC(=O)OC(C)(C)C)C(=O)N[C@@H]([C@@H](C)O)C(=O)N1. The van der Waals surface area contributed by atoms with Gasteiger partial charge in [0.05, 0.1) is 12.1 Å². The molecule has 2 heterocycles. The number of phenolic OH excluding ortho intramolecular Hbond substituents is 1. The highest BCUT2D eigenvalue weighted by Crippen LogP contribution is 2.30. The molecule has 22 nitrogen and oxygen atoms in total. The summed E-state index contributed by atoms with van der Waals surface area (Å²) in [5.41, 5.74) is 8.28. The van der Waals surface area contributed by atoms with Crippen LogP contribution in [0.25, 0.3) is 10.9 Å². The van der Waals surface area contributed by atoms with Crippen LogP contribution in [0.5, 0.6) is 5.75 Å². The van der Waals surface area contributed by atoms with Gasteiger partial charge < -0.3 is 68.2 Å². The smallest absolute Gasteiger partial charge is 0.407 e. The molecule has 26 heteroatoms. The molecule has 1 aromatic heterocycles. The molecule has 0 radical (unpaired) electrons. The Labute approximate surface area is 505 Å². The van der Waals surface area contributed by atoms with Crippen LogP contribution < -0.4 is 48.3 Å². The zero-order valence-electron chi connectivity index (χ0n) is 47.6. The minimum atomic E-state index is -1.67. The Morgan fingerprint density at radius 3 is 2.15 bits per heavy atom. The van der Waals surface area contributed by atoms with Gasteiger partial charge in [-0.2, -0.15) is 0 Å². The normalized spacial score (nSPS) is 20.7. The molecule has 4 aromatic rings. The first-order valence-electron chi connectivity index (χ1n) is 27.3. The van der Waals surface area contributed by atoms with Crippen molar-refractivity contribution in [2.24, 2.45) is 10.7 Å². The number of hydrogen-bond acceptors (Lipinski definition) is 17. The number of unbranched alkanes of at least 4 members (excludes halogenated alkanes) is 1. The molecule has 0 saturated carbocycles. The number of nitrogens with one attached hydrogen (secondary N) is 9. The Morgan fingerprint density at radius 1 is 0.810 bits per heavy atom. The third-order valence-electron chi connectivity index (χ3n) is 12.7. The van der Waals surface area contributed by atoms with E-state index in [1.54, 1.807) is 75.5 Å². The van der Waals surface area contributed by atoms with Crippen LogP contribution >= 0.6 is 43.2 Å². The number of nitrogens with zero attached hydrogens (tertiary/aromatic N) is 1. The standard InChI is InChI=1S/C58H77N11O11S4/c1-7-8-21-48(60-6)84-81-28-27-61-51(73)46-33-82-83-34-47(67-50(72)41(59)29-36-16-10-9-11-17-36)55(77)65-44(30-37-22-24-39(71)25-23-37)53(75)66-45(31-38-32-63-42-19-13-12-18-40(38)42)54(76)64-43(52(74)69-49(35(2)70)56(78)68-46)20-14-15-26-62-57(79)80-58(3,4)5/h7-13,16-19,21-25,32,35,41,43-47,49,63,70-71H,6,14-15,20,26-31,33-34,59H2,1-5H3,(H,61,73)(H,62,79)(H,64,76)(H,65,77)(H,66,75)(H,67,72)(H,68,78)(H,69,74)/b8-7-,48-21+/t35-,41-,43+,44+,45-,46+,47+,49+/m1/s1. The van der Waals surface area contributed by atoms with Crippen LogP contribution in [-0.2, 0) is 57.6 Å². The monoisotopic (exact) mass is 1230 g/mol. The number of ether oxygens (including phenoxy) is 1. The number of aromatic amines is 1. The number of H-pyrrole nitrogens is 1. The second-order valence-corrected chi connectivity index (χ2v) is 25.6. The lowest BCUT2D eigenvalue weighted by molar-refractivity contribution is -0.136. The van der Waals surface area contributed by atoms with Crippen molar-refractivity contribution in [3.63, 3.8) is 0 Å². The van der Waals surface area contributed by atoms with E-state index in [4.69, 9.17) is 10.5 Å². The predicted molar refractivity (Wildman–Crippen MR) is 334 cm³/mol. The number of carbonyl (C=O) groups is 8. The van der Waals surface area contributed by atoms with E-state index in [-0.39, 0.29) is 62.4 Å². The summed E-state index contributed by atoms with van der Waals surface area (Å²) in [7, 11) is 4.90. The van der Waals surface area contributed by atoms with E-state index >= 15 is 0 Å². The Balaban J connectivity index is 1.54. The van der Waals surface area contributed by atoms with Crippen LogP contribution in [0.4, 0.5) is 4.79 Å². The maximum absolute atomic E-state index is 15.0. The summed E-state index contributed by atoms with van der Waals surface area (Å²) in [4.78, 5) is 121. The number of aliphatic hydroxyl groups is 1. The molecule has 3 aromatic carbocycles. The summed E-state index contributed by atoms with van der Waals surface area (Å²) in [5, 5.41) is 44.6. The molecular weight excluding hydrogens is 1150 g/mol. The number of fused-ring (bicyclic) bond motifs is 1. The van der Waals surface area contributed by atoms with Crippen molar-refractivity contribution in [3.05, 3.63) is 125 Å². The lowest BCUT2D eigenvalue weighted by Gasteiger charge is -2.29. The second kappa shape index (κ2) is 34.7. The van der Waals surface area contributed by atoms with Gasteiger partial charge in [-0.3, -0.25) is 38.6 Å². The van der Waals surface area contributed by atoms with Crippen molar-refractivity contribution in [3.8, 4) is 5.75 Å². The van der Waals surface area contributed by atoms with E-state index in [1.807, 2.05) is 43.3 Å². The van der Waals surface area contributed by atoms with Gasteiger partial charge in [-0.25, -0.2) is 4.79 Å². The Kier molecular flexibility index (Phi) is 28.0. The predicted octanol–water partition coefficient (Wildman–Crippen LogP) is 4.22. The largest absolute Gasteiger partial charge is 0.508 e. The topological polar surface area (TPSA) is 337 Å². The molecule has 5 rings (SSSR count). The van der Waals surface area contributed by atoms with E-state index in [2.05, 4.69) is 59.2 Å². The maximum Gasteiger partial charge on any atom is 0.407 e. The van der Waals surface area contributed by atoms with E-state index < -0.39 is 101 Å². The maximum atomic E-state index is 15.0. The molecule has 454 valence electrons. The number of benzene rings is 3. The van der Waals surface area contributed by atoms with Crippen molar-refractivity contribution in [2.75, 3.05) is 30.3 Å². The number of amides is 8. The second-order valence-electron chi connectivity index (χ2n) is 20.6. The third-order valence-corrected chi connectivity index (χ3v) is 17.4. The van der Waals surface area contributed by atoms with Gasteiger partial charge >= 0.3 is 6.09 Å². The number of para-hydroxylation sites is 1. The minimum Gasteiger partial charge on any atom is -0.508 e. The Morgan fingerprint density at radius 2 is 1.46 bits per heavy atom. The van der Waals surface area contributed by atoms with Crippen LogP contribution in [0.3, 0.4) is 0 Å². The molecule has 8 amide bonds. The number of hydrogen-bond donors (Lipinski definition) is 12. The van der Waals surface area contributed by atoms with Crippen LogP contribution in [0.1, 0.15) is 70.6 Å². The zero-order chi connectivity index (χ0) is 61.2. The van der Waals surface area contributed by atoms with Crippen LogP contribution in [0, 0.1) is 0 Å². The first kappa shape index (κ1) is 67.8. The summed E-state index contributed by atoms with van der Waals surface area (Å²) < 4.78 is 5.35. The highest BCUT2D eigenvalue weighted by atomic mass is 33.1. The number of aromatic nitrogens is 1. The van der Waals surface area contributed by atoms with Gasteiger partial charge in [-0.1, -0.05) is 105 Å². The number of alkyl carbamates (subject to hydrolysis) is 1. The summed E-state index contributed by atoms with van der Waals surface area (Å²) >= 11 is 0. The molecule has 0 aliphatic carbocycles. The first-order chi connectivity index (χ1) is 40.1. The molecule has 13 N–H and O–H groups in total. The third kappa shape index (κ3) is 23.2. The molecule has 1 fully saturated rings. The highest BCUT2D eigenvalue weighted by Gasteiger charge is 2.36. The average Bonchev–Trinajstić information content (AvgIpc) is 4.02. The molecular formula is C58H77N11O11S4. The lowest BCUT2D eigenvalue weighted by Crippen LogP contribution is -2.62. The van der Waals surface area contributed by atoms with Crippen molar-refractivity contribution in [2.45, 2.75) is 127 Å². The summed E-state index contributed by atoms with van der Waals surface area (Å²) in [6.45, 7) is 12.2. The summed E-state index contributed by atoms with van der Waals surface area (Å²) in [6.07, 6.45) is 5.21. The fourth-order valence-electron chi connectivity index (χ4n) is 8.36. The van der Waals surface area contributed by atoms with Gasteiger partial charge in [-0.15, -0.1) is 0 Å². The first-order valence-corrected chi connectivity index (χ1v) is 32.2. The fraction of sp³-hybridized carbons (Fsp3) is 0.431. The van der Waals surface area contributed by atoms with Gasteiger partial charge in [0.15, 0.2) is 0 Å². The number of nitrogens with two attached hydrogens (primary N) is 1. The van der Waals surface area contributed by atoms with E-state index in [0.29, 0.717) is 28.3 Å². The average molecular weight is 1230 g/mol. The van der Waals surface area contributed by atoms with Crippen LogP contribution in [0.15, 0.2) is 113 Å². The molecule has 1 aliphatic rings. The van der Waals surface area contributed by atoms with Crippen molar-refractivity contribution < 1.29 is 53.3 Å². The van der Waals surface area contributed by atoms with Gasteiger partial charge in [0.25, 0.3) is 0 Å². The van der Waals surface area contributed by atoms with Gasteiger partial charge in [0.2, 0.25) is 41.4 Å². The van der Waals surface area contributed by atoms with Gasteiger partial charge in [0.1, 0.15) is 52.6 Å². The van der Waals surface area contributed by atoms with E-state index in [1.165, 1.54) is 40.6 Å². The molecule has 1 aliphatic heterocycles. The number of aliphatic hydroxyl groups excluding tert-OH is 1. The van der Waals surface area contributed by atoms with Crippen LogP contribution in [0.2, 0.25) is 0 Å². The van der Waals surface area contributed by atoms with E-state index in [9.17, 15) is 48.6 Å². The van der Waals surface area contributed by atoms with Gasteiger partial charge in [0, 0.05) is 60.3 Å². The van der Waals surface area contributed by atoms with Crippen LogP contribution in [-0.4, -0.2) is 154 Å². The Hall–Kier alpha value is -6.97. The number of allylic oxidation sites excluding steroid dienone is 3. The molecule has 8 atom stereocenters. The fourth-order valence-corrected chi connectivity index (χ4v) is 12.4. The van der Waals surface area contributed by atoms with Crippen molar-refractivity contribution in [1.29, 1.82) is 0 Å². The molecule has 1 saturated heterocycles. The summed E-state index contributed by atoms with van der Waals surface area (Å²) in [6, 6.07) is 12.6. The van der Waals surface area contributed by atoms with Crippen molar-refractivity contribution in [1.82, 2.24) is 47.5 Å². The lowest BCUT2D eigenvalue weighted by atomic mass is 10.0. The number of aliphatic imine (C=N–C) groups is 1. The number of phenols is 1. The zero-order valence-corrected chi connectivity index (χ0v) is 50.9. The van der Waals surface area contributed by atoms with Crippen molar-refractivity contribution >= 4 is 108 Å². The number of aromatic hydroxyl groups is 1. The molecule has 0 unspecified atom stereocenters. The Bertz CT molecular complexity index is 2920. The molecule has 0 spiro atoms. The molecule has 84 heavy (non-hydrogen) atoms. The highest BCUT2D eigenvalue weighted by molar-refractivity contribution is 8.78.